The summed E-state index contributed by atoms with van der Waals surface area (Å²) < 4.78 is 30.6. The van der Waals surface area contributed by atoms with E-state index in [1.807, 2.05) is 6.08 Å². The minimum atomic E-state index is -0.524. The number of nitrogens with zero attached hydrogens (tertiary/aromatic N) is 3. The van der Waals surface area contributed by atoms with Gasteiger partial charge >= 0.3 is 6.09 Å². The molecule has 0 saturated carbocycles. The summed E-state index contributed by atoms with van der Waals surface area (Å²) in [5.74, 6) is 0.0359. The standard InChI is InChI=1S/C19H18FN3O4/c20-17-9-14(1-2-16(17)13-4-7-25-8-5-13)23-10-15(27-19(23)24)11-26-18-3-6-21-12-22-18/h1-4,6,9,12,15H,5,7-8,10-11H2/t15-/m1/s1. The van der Waals surface area contributed by atoms with Gasteiger partial charge in [0.25, 0.3) is 0 Å². The number of carbonyl (C=O) groups excluding carboxylic acids is 1. The summed E-state index contributed by atoms with van der Waals surface area (Å²) in [4.78, 5) is 21.3. The van der Waals surface area contributed by atoms with Crippen LogP contribution < -0.4 is 9.64 Å². The maximum Gasteiger partial charge on any atom is 0.414 e. The Morgan fingerprint density at radius 3 is 3.00 bits per heavy atom. The summed E-state index contributed by atoms with van der Waals surface area (Å²) in [6.45, 7) is 1.51. The van der Waals surface area contributed by atoms with Crippen LogP contribution in [-0.4, -0.2) is 48.5 Å². The first-order valence-electron chi connectivity index (χ1n) is 8.64. The molecule has 1 aromatic carbocycles. The van der Waals surface area contributed by atoms with Crippen molar-refractivity contribution in [3.8, 4) is 5.88 Å². The van der Waals surface area contributed by atoms with Gasteiger partial charge in [-0.25, -0.2) is 19.2 Å². The van der Waals surface area contributed by atoms with E-state index in [9.17, 15) is 9.18 Å². The fourth-order valence-corrected chi connectivity index (χ4v) is 3.07. The molecule has 1 amide bonds. The van der Waals surface area contributed by atoms with Crippen LogP contribution in [0.4, 0.5) is 14.9 Å². The van der Waals surface area contributed by atoms with Crippen LogP contribution in [0.3, 0.4) is 0 Å². The number of carbonyl (C=O) groups is 1. The molecule has 7 nitrogen and oxygen atoms in total. The highest BCUT2D eigenvalue weighted by atomic mass is 19.1. The van der Waals surface area contributed by atoms with E-state index >= 15 is 0 Å². The number of anilines is 1. The Hall–Kier alpha value is -3.00. The molecule has 2 aliphatic heterocycles. The molecule has 0 unspecified atom stereocenters. The Balaban J connectivity index is 1.43. The minimum Gasteiger partial charge on any atom is -0.474 e. The monoisotopic (exact) mass is 371 g/mol. The van der Waals surface area contributed by atoms with Crippen LogP contribution in [0, 0.1) is 5.82 Å². The maximum absolute atomic E-state index is 14.6. The first-order chi connectivity index (χ1) is 13.2. The van der Waals surface area contributed by atoms with Crippen molar-refractivity contribution >= 4 is 17.4 Å². The fourth-order valence-electron chi connectivity index (χ4n) is 3.07. The third-order valence-corrected chi connectivity index (χ3v) is 4.42. The number of hydrogen-bond acceptors (Lipinski definition) is 6. The smallest absolute Gasteiger partial charge is 0.414 e. The van der Waals surface area contributed by atoms with E-state index in [0.717, 1.165) is 5.57 Å². The SMILES string of the molecule is O=C1O[C@@H](COc2ccncn2)CN1c1ccc(C2=CCOCC2)c(F)c1. The van der Waals surface area contributed by atoms with Gasteiger partial charge in [0.2, 0.25) is 5.88 Å². The predicted octanol–water partition coefficient (Wildman–Crippen LogP) is 2.82. The summed E-state index contributed by atoms with van der Waals surface area (Å²) in [6, 6.07) is 6.40. The van der Waals surface area contributed by atoms with E-state index in [4.69, 9.17) is 14.2 Å². The molecular weight excluding hydrogens is 353 g/mol. The molecule has 1 fully saturated rings. The Morgan fingerprint density at radius 1 is 1.33 bits per heavy atom. The fraction of sp³-hybridized carbons (Fsp3) is 0.316. The Kier molecular flexibility index (Phi) is 4.97. The molecule has 3 heterocycles. The van der Waals surface area contributed by atoms with Gasteiger partial charge in [0.15, 0.2) is 6.10 Å². The van der Waals surface area contributed by atoms with E-state index in [-0.39, 0.29) is 19.0 Å². The summed E-state index contributed by atoms with van der Waals surface area (Å²) in [5, 5.41) is 0. The molecule has 1 aromatic heterocycles. The summed E-state index contributed by atoms with van der Waals surface area (Å²) in [7, 11) is 0. The molecule has 2 aromatic rings. The van der Waals surface area contributed by atoms with Gasteiger partial charge in [-0.15, -0.1) is 0 Å². The number of benzene rings is 1. The van der Waals surface area contributed by atoms with E-state index in [2.05, 4.69) is 9.97 Å². The van der Waals surface area contributed by atoms with Gasteiger partial charge in [-0.05, 0) is 30.2 Å². The van der Waals surface area contributed by atoms with Crippen molar-refractivity contribution in [3.63, 3.8) is 0 Å². The number of ether oxygens (including phenoxy) is 3. The molecule has 1 saturated heterocycles. The molecule has 0 N–H and O–H groups in total. The Morgan fingerprint density at radius 2 is 2.26 bits per heavy atom. The topological polar surface area (TPSA) is 73.8 Å². The first-order valence-corrected chi connectivity index (χ1v) is 8.64. The average molecular weight is 371 g/mol. The van der Waals surface area contributed by atoms with Gasteiger partial charge < -0.3 is 14.2 Å². The second-order valence-corrected chi connectivity index (χ2v) is 6.19. The van der Waals surface area contributed by atoms with Crippen LogP contribution in [0.15, 0.2) is 42.9 Å². The van der Waals surface area contributed by atoms with Crippen LogP contribution in [-0.2, 0) is 9.47 Å². The normalized spacial score (nSPS) is 19.6. The third kappa shape index (κ3) is 3.90. The second-order valence-electron chi connectivity index (χ2n) is 6.19. The second kappa shape index (κ2) is 7.71. The van der Waals surface area contributed by atoms with Crippen molar-refractivity contribution in [2.45, 2.75) is 12.5 Å². The van der Waals surface area contributed by atoms with Crippen molar-refractivity contribution in [2.24, 2.45) is 0 Å². The highest BCUT2D eigenvalue weighted by Gasteiger charge is 2.33. The zero-order chi connectivity index (χ0) is 18.6. The Labute approximate surface area is 155 Å². The van der Waals surface area contributed by atoms with Crippen LogP contribution in [0.25, 0.3) is 5.57 Å². The lowest BCUT2D eigenvalue weighted by atomic mass is 10.0. The largest absolute Gasteiger partial charge is 0.474 e. The number of halogens is 1. The molecular formula is C19H18FN3O4. The molecule has 0 radical (unpaired) electrons. The molecule has 0 aliphatic carbocycles. The average Bonchev–Trinajstić information content (AvgIpc) is 3.08. The zero-order valence-corrected chi connectivity index (χ0v) is 14.5. The zero-order valence-electron chi connectivity index (χ0n) is 14.5. The summed E-state index contributed by atoms with van der Waals surface area (Å²) in [5.41, 5.74) is 1.92. The lowest BCUT2D eigenvalue weighted by molar-refractivity contribution is 0.103. The first kappa shape index (κ1) is 17.4. The van der Waals surface area contributed by atoms with Crippen molar-refractivity contribution < 1.29 is 23.4 Å². The molecule has 1 atom stereocenters. The lowest BCUT2D eigenvalue weighted by Gasteiger charge is -2.17. The predicted molar refractivity (Wildman–Crippen MR) is 95.0 cm³/mol. The number of aromatic nitrogens is 2. The number of rotatable bonds is 5. The molecule has 0 spiro atoms. The van der Waals surface area contributed by atoms with E-state index in [0.29, 0.717) is 36.8 Å². The Bertz CT molecular complexity index is 859. The van der Waals surface area contributed by atoms with Gasteiger partial charge in [-0.1, -0.05) is 6.08 Å². The maximum atomic E-state index is 14.6. The molecule has 4 rings (SSSR count). The molecule has 2 aliphatic rings. The molecule has 140 valence electrons. The van der Waals surface area contributed by atoms with Crippen molar-refractivity contribution in [2.75, 3.05) is 31.3 Å². The molecule has 8 heteroatoms. The summed E-state index contributed by atoms with van der Waals surface area (Å²) >= 11 is 0. The number of amides is 1. The van der Waals surface area contributed by atoms with Crippen molar-refractivity contribution in [3.05, 3.63) is 54.2 Å². The van der Waals surface area contributed by atoms with E-state index in [1.165, 1.54) is 17.3 Å². The van der Waals surface area contributed by atoms with Crippen LogP contribution in [0.1, 0.15) is 12.0 Å². The minimum absolute atomic E-state index is 0.159. The molecule has 0 bridgehead atoms. The van der Waals surface area contributed by atoms with Gasteiger partial charge in [0.05, 0.1) is 25.4 Å². The van der Waals surface area contributed by atoms with E-state index in [1.54, 1.807) is 24.4 Å². The van der Waals surface area contributed by atoms with Crippen LogP contribution in [0.5, 0.6) is 5.88 Å². The van der Waals surface area contributed by atoms with Gasteiger partial charge in [-0.3, -0.25) is 4.90 Å². The van der Waals surface area contributed by atoms with Gasteiger partial charge in [0.1, 0.15) is 18.8 Å². The van der Waals surface area contributed by atoms with Crippen LogP contribution in [0.2, 0.25) is 0 Å². The van der Waals surface area contributed by atoms with E-state index < -0.39 is 12.2 Å². The number of hydrogen-bond donors (Lipinski definition) is 0. The molecule has 27 heavy (non-hydrogen) atoms. The number of cyclic esters (lactones) is 1. The lowest BCUT2D eigenvalue weighted by Crippen LogP contribution is -2.26. The van der Waals surface area contributed by atoms with Gasteiger partial charge in [0, 0.05) is 17.8 Å². The van der Waals surface area contributed by atoms with Gasteiger partial charge in [-0.2, -0.15) is 0 Å². The van der Waals surface area contributed by atoms with Crippen molar-refractivity contribution in [1.82, 2.24) is 9.97 Å². The third-order valence-electron chi connectivity index (χ3n) is 4.42. The quantitative estimate of drug-likeness (QED) is 0.805. The summed E-state index contributed by atoms with van der Waals surface area (Å²) in [6.07, 6.45) is 4.50. The highest BCUT2D eigenvalue weighted by molar-refractivity contribution is 5.90. The van der Waals surface area contributed by atoms with Crippen molar-refractivity contribution in [1.29, 1.82) is 0 Å². The highest BCUT2D eigenvalue weighted by Crippen LogP contribution is 2.29. The van der Waals surface area contributed by atoms with Crippen LogP contribution >= 0.6 is 0 Å².